The van der Waals surface area contributed by atoms with E-state index in [4.69, 9.17) is 0 Å². The van der Waals surface area contributed by atoms with Crippen LogP contribution in [-0.2, 0) is 0 Å². The molecule has 0 aromatic carbocycles. The van der Waals surface area contributed by atoms with E-state index in [1.165, 1.54) is 0 Å². The van der Waals surface area contributed by atoms with E-state index in [0.29, 0.717) is 6.54 Å². The number of hydrogen-bond donors (Lipinski definition) is 1. The number of urea groups is 1. The molecular weight excluding hydrogens is 128 g/mol. The van der Waals surface area contributed by atoms with Crippen LogP contribution >= 0.6 is 0 Å². The molecule has 0 unspecified atom stereocenters. The quantitative estimate of drug-likeness (QED) is 0.535. The molecule has 0 atom stereocenters. The molecule has 1 radical (unpaired) electrons. The van der Waals surface area contributed by atoms with Gasteiger partial charge in [-0.1, -0.05) is 0 Å². The Morgan fingerprint density at radius 3 is 2.40 bits per heavy atom. The van der Waals surface area contributed by atoms with E-state index < -0.39 is 0 Å². The molecule has 57 valence electrons. The highest BCUT2D eigenvalue weighted by molar-refractivity contribution is 5.78. The Balaban J connectivity index is 2.64. The lowest BCUT2D eigenvalue weighted by Crippen LogP contribution is -2.41. The molecule has 0 aliphatic carbocycles. The molecule has 1 N–H and O–H groups in total. The lowest BCUT2D eigenvalue weighted by molar-refractivity contribution is 0.185. The Kier molecular flexibility index (Phi) is 1.58. The highest BCUT2D eigenvalue weighted by Crippen LogP contribution is 2.17. The van der Waals surface area contributed by atoms with E-state index >= 15 is 0 Å². The lowest BCUT2D eigenvalue weighted by atomic mass is 10.1. The minimum atomic E-state index is -0.0828. The predicted molar refractivity (Wildman–Crippen MR) is 39.3 cm³/mol. The number of hydrogen-bond acceptors (Lipinski definition) is 1. The molecular formula is C7H13N2O. The van der Waals surface area contributed by atoms with Gasteiger partial charge in [-0.25, -0.2) is 4.79 Å². The van der Waals surface area contributed by atoms with E-state index in [1.807, 2.05) is 27.3 Å². The number of amides is 2. The fraction of sp³-hybridized carbons (Fsp3) is 0.714. The van der Waals surface area contributed by atoms with Crippen molar-refractivity contribution in [3.63, 3.8) is 0 Å². The summed E-state index contributed by atoms with van der Waals surface area (Å²) < 4.78 is 0. The normalized spacial score (nSPS) is 19.5. The summed E-state index contributed by atoms with van der Waals surface area (Å²) in [6.45, 7) is 8.57. The number of carbonyl (C=O) groups excluding carboxylic acids is 1. The van der Waals surface area contributed by atoms with Crippen LogP contribution in [0.1, 0.15) is 20.8 Å². The van der Waals surface area contributed by atoms with Crippen LogP contribution in [0.4, 0.5) is 4.79 Å². The van der Waals surface area contributed by atoms with Gasteiger partial charge in [-0.3, -0.25) is 0 Å². The molecule has 1 fully saturated rings. The van der Waals surface area contributed by atoms with Gasteiger partial charge in [0.05, 0.1) is 6.54 Å². The standard InChI is InChI=1S/C7H13N2O/c1-7(2,3)9-5-4-8-6(9)10/h5H,4H2,1-3H3,(H,8,10). The average molecular weight is 141 g/mol. The summed E-state index contributed by atoms with van der Waals surface area (Å²) in [6, 6.07) is 0.00694. The molecule has 1 saturated heterocycles. The van der Waals surface area contributed by atoms with Crippen molar-refractivity contribution in [3.05, 3.63) is 6.54 Å². The first-order chi connectivity index (χ1) is 4.52. The molecule has 10 heavy (non-hydrogen) atoms. The van der Waals surface area contributed by atoms with Crippen molar-refractivity contribution in [2.24, 2.45) is 0 Å². The monoisotopic (exact) mass is 141 g/mol. The maximum Gasteiger partial charge on any atom is 0.318 e. The summed E-state index contributed by atoms with van der Waals surface area (Å²) in [5.74, 6) is 0. The molecule has 0 aromatic rings. The molecule has 1 aliphatic heterocycles. The van der Waals surface area contributed by atoms with Crippen molar-refractivity contribution in [2.75, 3.05) is 6.54 Å². The van der Waals surface area contributed by atoms with Crippen LogP contribution in [0.3, 0.4) is 0 Å². The van der Waals surface area contributed by atoms with Crippen LogP contribution in [0.15, 0.2) is 0 Å². The first-order valence-electron chi connectivity index (χ1n) is 3.42. The topological polar surface area (TPSA) is 32.3 Å². The fourth-order valence-corrected chi connectivity index (χ4v) is 0.971. The maximum absolute atomic E-state index is 11.0. The Labute approximate surface area is 61.4 Å². The smallest absolute Gasteiger partial charge is 0.318 e. The van der Waals surface area contributed by atoms with Crippen molar-refractivity contribution in [3.8, 4) is 0 Å². The summed E-state index contributed by atoms with van der Waals surface area (Å²) in [6.07, 6.45) is 0. The molecule has 1 heterocycles. The lowest BCUT2D eigenvalue weighted by Gasteiger charge is -2.29. The van der Waals surface area contributed by atoms with Crippen molar-refractivity contribution < 1.29 is 4.79 Å². The van der Waals surface area contributed by atoms with Gasteiger partial charge in [0.25, 0.3) is 0 Å². The van der Waals surface area contributed by atoms with Crippen molar-refractivity contribution in [2.45, 2.75) is 26.3 Å². The van der Waals surface area contributed by atoms with Gasteiger partial charge in [-0.2, -0.15) is 0 Å². The van der Waals surface area contributed by atoms with Gasteiger partial charge in [-0.05, 0) is 20.8 Å². The second-order valence-corrected chi connectivity index (χ2v) is 3.41. The molecule has 2 amide bonds. The van der Waals surface area contributed by atoms with E-state index in [0.717, 1.165) is 0 Å². The van der Waals surface area contributed by atoms with Gasteiger partial charge < -0.3 is 10.2 Å². The maximum atomic E-state index is 11.0. The molecule has 1 aliphatic rings. The Morgan fingerprint density at radius 1 is 1.60 bits per heavy atom. The van der Waals surface area contributed by atoms with Crippen LogP contribution in [0.2, 0.25) is 0 Å². The highest BCUT2D eigenvalue weighted by atomic mass is 16.2. The summed E-state index contributed by atoms with van der Waals surface area (Å²) in [4.78, 5) is 12.7. The number of nitrogens with zero attached hydrogens (tertiary/aromatic N) is 1. The van der Waals surface area contributed by atoms with Crippen molar-refractivity contribution >= 4 is 6.03 Å². The molecule has 3 heteroatoms. The van der Waals surface area contributed by atoms with E-state index in [-0.39, 0.29) is 11.6 Å². The summed E-state index contributed by atoms with van der Waals surface area (Å²) in [7, 11) is 0. The van der Waals surface area contributed by atoms with Crippen LogP contribution in [0.5, 0.6) is 0 Å². The fourth-order valence-electron chi connectivity index (χ4n) is 0.971. The zero-order valence-corrected chi connectivity index (χ0v) is 6.64. The van der Waals surface area contributed by atoms with Gasteiger partial charge in [-0.15, -0.1) is 0 Å². The molecule has 0 bridgehead atoms. The summed E-state index contributed by atoms with van der Waals surface area (Å²) >= 11 is 0. The number of nitrogens with one attached hydrogen (secondary N) is 1. The molecule has 0 aromatic heterocycles. The van der Waals surface area contributed by atoms with Crippen molar-refractivity contribution in [1.82, 2.24) is 10.2 Å². The first-order valence-corrected chi connectivity index (χ1v) is 3.42. The van der Waals surface area contributed by atoms with Crippen LogP contribution in [0.25, 0.3) is 0 Å². The third kappa shape index (κ3) is 1.23. The SMILES string of the molecule is CC(C)(C)N1[CH]CNC1=O. The average Bonchev–Trinajstić information content (AvgIpc) is 2.11. The van der Waals surface area contributed by atoms with Gasteiger partial charge in [0.2, 0.25) is 0 Å². The highest BCUT2D eigenvalue weighted by Gasteiger charge is 2.30. The van der Waals surface area contributed by atoms with Gasteiger partial charge >= 0.3 is 6.03 Å². The second-order valence-electron chi connectivity index (χ2n) is 3.41. The minimum Gasteiger partial charge on any atom is -0.336 e. The minimum absolute atomic E-state index is 0.00694. The van der Waals surface area contributed by atoms with E-state index in [1.54, 1.807) is 4.90 Å². The number of carbonyl (C=O) groups is 1. The molecule has 0 spiro atoms. The molecule has 3 nitrogen and oxygen atoms in total. The van der Waals surface area contributed by atoms with Crippen molar-refractivity contribution in [1.29, 1.82) is 0 Å². The second kappa shape index (κ2) is 2.15. The van der Waals surface area contributed by atoms with Crippen LogP contribution in [0, 0.1) is 6.54 Å². The van der Waals surface area contributed by atoms with E-state index in [9.17, 15) is 4.79 Å². The molecule has 0 saturated carbocycles. The summed E-state index contributed by atoms with van der Waals surface area (Å²) in [5, 5.41) is 2.71. The zero-order valence-electron chi connectivity index (χ0n) is 6.64. The zero-order chi connectivity index (χ0) is 7.78. The van der Waals surface area contributed by atoms with Gasteiger partial charge in [0.15, 0.2) is 0 Å². The predicted octanol–water partition coefficient (Wildman–Crippen LogP) is 0.972. The largest absolute Gasteiger partial charge is 0.336 e. The first kappa shape index (κ1) is 7.38. The summed E-state index contributed by atoms with van der Waals surface area (Å²) in [5.41, 5.74) is -0.0828. The van der Waals surface area contributed by atoms with Gasteiger partial charge in [0.1, 0.15) is 0 Å². The Morgan fingerprint density at radius 2 is 2.20 bits per heavy atom. The Bertz CT molecular complexity index is 148. The van der Waals surface area contributed by atoms with Crippen LogP contribution < -0.4 is 5.32 Å². The van der Waals surface area contributed by atoms with Gasteiger partial charge in [0, 0.05) is 12.1 Å². The van der Waals surface area contributed by atoms with Crippen LogP contribution in [-0.4, -0.2) is 23.0 Å². The number of rotatable bonds is 0. The molecule has 1 rings (SSSR count). The third-order valence-electron chi connectivity index (χ3n) is 1.47. The Hall–Kier alpha value is -0.730. The third-order valence-corrected chi connectivity index (χ3v) is 1.47. The van der Waals surface area contributed by atoms with E-state index in [2.05, 4.69) is 5.32 Å².